The standard InChI is InChI=1S/C21H23N7O2/c29-21-19-20(28-12-16(24-25-28)15-6-3-9-22-15)23-13-27(19)18-8-2-1-7-17(18)26(21)11-14-5-4-10-30-14/h1-2,7-8,12-15,22H,3-6,9-11H2. The van der Waals surface area contributed by atoms with Gasteiger partial charge in [0.05, 0.1) is 35.9 Å². The molecule has 6 rings (SSSR count). The van der Waals surface area contributed by atoms with Crippen molar-refractivity contribution >= 4 is 16.6 Å². The van der Waals surface area contributed by atoms with E-state index in [-0.39, 0.29) is 17.7 Å². The lowest BCUT2D eigenvalue weighted by atomic mass is 10.2. The van der Waals surface area contributed by atoms with Gasteiger partial charge in [-0.1, -0.05) is 17.3 Å². The van der Waals surface area contributed by atoms with Gasteiger partial charge in [0.2, 0.25) is 0 Å². The van der Waals surface area contributed by atoms with Crippen molar-refractivity contribution in [2.45, 2.75) is 44.4 Å². The summed E-state index contributed by atoms with van der Waals surface area (Å²) in [4.78, 5) is 18.2. The molecule has 1 aromatic carbocycles. The van der Waals surface area contributed by atoms with Gasteiger partial charge in [0.1, 0.15) is 12.0 Å². The van der Waals surface area contributed by atoms with Crippen LogP contribution < -0.4 is 10.9 Å². The Kier molecular flexibility index (Phi) is 4.17. The molecule has 2 aliphatic heterocycles. The lowest BCUT2D eigenvalue weighted by Crippen LogP contribution is -2.28. The molecule has 0 radical (unpaired) electrons. The molecule has 30 heavy (non-hydrogen) atoms. The Morgan fingerprint density at radius 3 is 2.87 bits per heavy atom. The molecule has 2 saturated heterocycles. The number of hydrogen-bond acceptors (Lipinski definition) is 6. The molecule has 2 fully saturated rings. The van der Waals surface area contributed by atoms with Gasteiger partial charge >= 0.3 is 0 Å². The van der Waals surface area contributed by atoms with E-state index < -0.39 is 0 Å². The quantitative estimate of drug-likeness (QED) is 0.557. The Morgan fingerprint density at radius 2 is 2.07 bits per heavy atom. The highest BCUT2D eigenvalue weighted by Gasteiger charge is 2.24. The Labute approximate surface area is 172 Å². The van der Waals surface area contributed by atoms with E-state index in [1.54, 1.807) is 11.0 Å². The number of hydrogen-bond donors (Lipinski definition) is 1. The zero-order valence-electron chi connectivity index (χ0n) is 16.6. The van der Waals surface area contributed by atoms with Crippen LogP contribution in [0.15, 0.2) is 41.6 Å². The third-order valence-corrected chi connectivity index (χ3v) is 6.18. The van der Waals surface area contributed by atoms with Crippen molar-refractivity contribution in [1.29, 1.82) is 0 Å². The third kappa shape index (κ3) is 2.77. The van der Waals surface area contributed by atoms with Crippen LogP contribution in [0.5, 0.6) is 0 Å². The molecule has 1 N–H and O–H groups in total. The number of aromatic nitrogens is 6. The van der Waals surface area contributed by atoms with Crippen molar-refractivity contribution in [1.82, 2.24) is 34.3 Å². The molecule has 0 aliphatic carbocycles. The predicted molar refractivity (Wildman–Crippen MR) is 111 cm³/mol. The van der Waals surface area contributed by atoms with Gasteiger partial charge in [-0.2, -0.15) is 4.68 Å². The summed E-state index contributed by atoms with van der Waals surface area (Å²) in [6, 6.07) is 8.13. The highest BCUT2D eigenvalue weighted by atomic mass is 16.5. The number of benzene rings is 1. The normalized spacial score (nSPS) is 21.9. The molecule has 4 aromatic rings. The minimum absolute atomic E-state index is 0.0614. The van der Waals surface area contributed by atoms with Gasteiger partial charge in [-0.15, -0.1) is 5.10 Å². The van der Waals surface area contributed by atoms with E-state index in [2.05, 4.69) is 20.6 Å². The van der Waals surface area contributed by atoms with Gasteiger partial charge in [0.15, 0.2) is 11.3 Å². The van der Waals surface area contributed by atoms with Crippen LogP contribution in [0.4, 0.5) is 0 Å². The fraction of sp³-hybridized carbons (Fsp3) is 0.429. The molecule has 0 amide bonds. The zero-order valence-corrected chi connectivity index (χ0v) is 16.6. The van der Waals surface area contributed by atoms with Crippen LogP contribution in [-0.4, -0.2) is 48.2 Å². The molecule has 9 heteroatoms. The maximum atomic E-state index is 13.6. The first kappa shape index (κ1) is 17.8. The summed E-state index contributed by atoms with van der Waals surface area (Å²) in [5.41, 5.74) is 3.11. The summed E-state index contributed by atoms with van der Waals surface area (Å²) < 4.78 is 11.1. The van der Waals surface area contributed by atoms with E-state index in [4.69, 9.17) is 4.74 Å². The number of ether oxygens (including phenoxy) is 1. The van der Waals surface area contributed by atoms with Crippen LogP contribution in [0.3, 0.4) is 0 Å². The van der Waals surface area contributed by atoms with Crippen LogP contribution in [0.25, 0.3) is 22.4 Å². The molecule has 2 unspecified atom stereocenters. The lowest BCUT2D eigenvalue weighted by Gasteiger charge is -2.16. The van der Waals surface area contributed by atoms with Crippen molar-refractivity contribution in [3.8, 4) is 5.82 Å². The number of para-hydroxylation sites is 2. The number of fused-ring (bicyclic) bond motifs is 3. The maximum absolute atomic E-state index is 13.6. The summed E-state index contributed by atoms with van der Waals surface area (Å²) in [5, 5.41) is 12.0. The first-order valence-electron chi connectivity index (χ1n) is 10.6. The van der Waals surface area contributed by atoms with E-state index >= 15 is 0 Å². The van der Waals surface area contributed by atoms with Crippen LogP contribution in [0.2, 0.25) is 0 Å². The molecule has 9 nitrogen and oxygen atoms in total. The van der Waals surface area contributed by atoms with Crippen LogP contribution >= 0.6 is 0 Å². The monoisotopic (exact) mass is 405 g/mol. The number of nitrogens with zero attached hydrogens (tertiary/aromatic N) is 6. The fourth-order valence-electron chi connectivity index (χ4n) is 4.67. The second kappa shape index (κ2) is 7.03. The molecular weight excluding hydrogens is 382 g/mol. The Balaban J connectivity index is 1.53. The van der Waals surface area contributed by atoms with Crippen molar-refractivity contribution in [2.24, 2.45) is 0 Å². The largest absolute Gasteiger partial charge is 0.376 e. The van der Waals surface area contributed by atoms with E-state index in [0.717, 1.165) is 55.6 Å². The summed E-state index contributed by atoms with van der Waals surface area (Å²) in [7, 11) is 0. The van der Waals surface area contributed by atoms with Gasteiger partial charge in [0.25, 0.3) is 5.56 Å². The van der Waals surface area contributed by atoms with E-state index in [9.17, 15) is 4.79 Å². The van der Waals surface area contributed by atoms with Crippen LogP contribution in [-0.2, 0) is 11.3 Å². The smallest absolute Gasteiger partial charge is 0.279 e. The Morgan fingerprint density at radius 1 is 1.17 bits per heavy atom. The Bertz CT molecular complexity index is 1280. The average Bonchev–Trinajstić information content (AvgIpc) is 3.55. The lowest BCUT2D eigenvalue weighted by molar-refractivity contribution is 0.0973. The number of nitrogens with one attached hydrogen (secondary N) is 1. The van der Waals surface area contributed by atoms with Crippen molar-refractivity contribution in [3.63, 3.8) is 0 Å². The maximum Gasteiger partial charge on any atom is 0.279 e. The topological polar surface area (TPSA) is 91.3 Å². The second-order valence-corrected chi connectivity index (χ2v) is 8.06. The SMILES string of the molecule is O=c1c2c(-n3cc(C4CCCN4)nn3)ncn2c2ccccc2n1CC1CCCO1. The highest BCUT2D eigenvalue weighted by Crippen LogP contribution is 2.23. The minimum atomic E-state index is -0.0901. The molecule has 2 aliphatic rings. The number of rotatable bonds is 4. The summed E-state index contributed by atoms with van der Waals surface area (Å²) in [6.45, 7) is 2.29. The molecule has 0 spiro atoms. The molecule has 0 saturated carbocycles. The van der Waals surface area contributed by atoms with Gasteiger partial charge in [0, 0.05) is 6.61 Å². The first-order valence-corrected chi connectivity index (χ1v) is 10.6. The number of imidazole rings is 1. The third-order valence-electron chi connectivity index (χ3n) is 6.18. The van der Waals surface area contributed by atoms with E-state index in [0.29, 0.717) is 17.9 Å². The molecule has 3 aromatic heterocycles. The Hall–Kier alpha value is -3.04. The minimum Gasteiger partial charge on any atom is -0.376 e. The molecule has 5 heterocycles. The van der Waals surface area contributed by atoms with E-state index in [1.807, 2.05) is 39.4 Å². The van der Waals surface area contributed by atoms with Crippen LogP contribution in [0, 0.1) is 0 Å². The summed E-state index contributed by atoms with van der Waals surface area (Å²) in [5.74, 6) is 0.503. The fourth-order valence-corrected chi connectivity index (χ4v) is 4.67. The van der Waals surface area contributed by atoms with Gasteiger partial charge < -0.3 is 14.6 Å². The summed E-state index contributed by atoms with van der Waals surface area (Å²) >= 11 is 0. The molecule has 154 valence electrons. The van der Waals surface area contributed by atoms with Crippen LogP contribution in [0.1, 0.15) is 37.4 Å². The molecule has 0 bridgehead atoms. The van der Waals surface area contributed by atoms with Gasteiger partial charge in [-0.05, 0) is 44.4 Å². The van der Waals surface area contributed by atoms with Gasteiger partial charge in [-0.3, -0.25) is 9.20 Å². The van der Waals surface area contributed by atoms with Crippen molar-refractivity contribution < 1.29 is 4.74 Å². The van der Waals surface area contributed by atoms with Gasteiger partial charge in [-0.25, -0.2) is 4.98 Å². The molecular formula is C21H23N7O2. The summed E-state index contributed by atoms with van der Waals surface area (Å²) in [6.07, 6.45) is 7.82. The van der Waals surface area contributed by atoms with Crippen molar-refractivity contribution in [2.75, 3.05) is 13.2 Å². The van der Waals surface area contributed by atoms with Crippen molar-refractivity contribution in [3.05, 3.63) is 52.8 Å². The second-order valence-electron chi connectivity index (χ2n) is 8.06. The molecule has 2 atom stereocenters. The average molecular weight is 405 g/mol. The highest BCUT2D eigenvalue weighted by molar-refractivity contribution is 5.80. The van der Waals surface area contributed by atoms with E-state index in [1.165, 1.54) is 0 Å². The predicted octanol–water partition coefficient (Wildman–Crippen LogP) is 1.83. The first-order chi connectivity index (χ1) is 14.8. The zero-order chi connectivity index (χ0) is 20.1.